The van der Waals surface area contributed by atoms with Crippen LogP contribution in [0.5, 0.6) is 11.5 Å². The van der Waals surface area contributed by atoms with Gasteiger partial charge in [0.2, 0.25) is 0 Å². The molecule has 4 aliphatic rings. The molecular weight excluding hydrogens is 384 g/mol. The van der Waals surface area contributed by atoms with E-state index in [0.717, 1.165) is 17.7 Å². The predicted molar refractivity (Wildman–Crippen MR) is 106 cm³/mol. The number of carbonyl (C=O) groups is 1. The number of likely N-dealkylation sites (tertiary alicyclic amines) is 1. The zero-order valence-electron chi connectivity index (χ0n) is 16.5. The van der Waals surface area contributed by atoms with Gasteiger partial charge in [-0.05, 0) is 56.3 Å². The number of ether oxygens (including phenoxy) is 2. The topological polar surface area (TPSA) is 92.1 Å². The van der Waals surface area contributed by atoms with Gasteiger partial charge in [-0.3, -0.25) is 9.88 Å². The zero-order valence-corrected chi connectivity index (χ0v) is 16.5. The van der Waals surface area contributed by atoms with Gasteiger partial charge in [0.25, 0.3) is 0 Å². The maximum Gasteiger partial charge on any atom is 0.340 e. The number of phenolic OH excluding ortho intramolecular Hbond substituents is 1. The number of pyridine rings is 1. The van der Waals surface area contributed by atoms with Gasteiger partial charge >= 0.3 is 5.97 Å². The summed E-state index contributed by atoms with van der Waals surface area (Å²) in [5, 5.41) is 22.5. The Labute approximate surface area is 173 Å². The van der Waals surface area contributed by atoms with Crippen molar-refractivity contribution in [2.24, 2.45) is 0 Å². The molecule has 2 bridgehead atoms. The Balaban J connectivity index is 1.49. The summed E-state index contributed by atoms with van der Waals surface area (Å²) in [7, 11) is 2.02. The Bertz CT molecular complexity index is 1090. The molecular formula is C23H22N2O5. The van der Waals surface area contributed by atoms with E-state index in [4.69, 9.17) is 9.47 Å². The lowest BCUT2D eigenvalue weighted by Crippen LogP contribution is -2.75. The van der Waals surface area contributed by atoms with Gasteiger partial charge in [0.1, 0.15) is 5.60 Å². The number of likely N-dealkylation sites (N-methyl/N-ethyl adjacent to an activating group) is 1. The average Bonchev–Trinajstić information content (AvgIpc) is 3.11. The summed E-state index contributed by atoms with van der Waals surface area (Å²) in [4.78, 5) is 18.9. The number of phenols is 1. The van der Waals surface area contributed by atoms with E-state index in [1.54, 1.807) is 36.5 Å². The predicted octanol–water partition coefficient (Wildman–Crippen LogP) is 1.57. The van der Waals surface area contributed by atoms with Crippen molar-refractivity contribution in [2.45, 2.75) is 42.1 Å². The van der Waals surface area contributed by atoms with E-state index in [9.17, 15) is 15.0 Å². The molecule has 2 aliphatic heterocycles. The maximum atomic E-state index is 12.7. The number of hydrogen-bond acceptors (Lipinski definition) is 7. The van der Waals surface area contributed by atoms with Gasteiger partial charge in [0, 0.05) is 24.0 Å². The summed E-state index contributed by atoms with van der Waals surface area (Å²) in [6, 6.07) is 6.78. The summed E-state index contributed by atoms with van der Waals surface area (Å²) < 4.78 is 12.1. The smallest absolute Gasteiger partial charge is 0.340 e. The van der Waals surface area contributed by atoms with Crippen LogP contribution in [0.2, 0.25) is 0 Å². The van der Waals surface area contributed by atoms with Crippen molar-refractivity contribution in [1.82, 2.24) is 9.88 Å². The first-order chi connectivity index (χ1) is 14.5. The summed E-state index contributed by atoms with van der Waals surface area (Å²) in [5.41, 5.74) is 0.340. The number of aromatic hydroxyl groups is 1. The first-order valence-electron chi connectivity index (χ1n) is 10.2. The second-order valence-electron chi connectivity index (χ2n) is 8.70. The highest BCUT2D eigenvalue weighted by atomic mass is 16.6. The standard InChI is InChI=1S/C23H22N2O5/c1-25-10-8-22-18-13-4-5-15(26)19(18)30-20(22)16(6-7-23(22,28)17(25)11-13)29-21(27)14-3-2-9-24-12-14/h2-7,9,12,16-17,20,26,28H,8,10-11H2,1H3/t16-,17-,20?,22+,23-/m1/s1. The monoisotopic (exact) mass is 406 g/mol. The third kappa shape index (κ3) is 2.01. The molecule has 30 heavy (non-hydrogen) atoms. The highest BCUT2D eigenvalue weighted by molar-refractivity contribution is 5.89. The van der Waals surface area contributed by atoms with Crippen molar-refractivity contribution in [3.05, 3.63) is 65.5 Å². The number of nitrogens with zero attached hydrogens (tertiary/aromatic N) is 2. The molecule has 154 valence electrons. The molecule has 3 heterocycles. The van der Waals surface area contributed by atoms with E-state index in [1.807, 2.05) is 13.1 Å². The summed E-state index contributed by atoms with van der Waals surface area (Å²) in [6.45, 7) is 0.776. The highest BCUT2D eigenvalue weighted by Gasteiger charge is 2.72. The molecule has 1 fully saturated rings. The van der Waals surface area contributed by atoms with Crippen LogP contribution in [0.1, 0.15) is 27.9 Å². The van der Waals surface area contributed by atoms with Gasteiger partial charge in [0.15, 0.2) is 23.7 Å². The minimum atomic E-state index is -1.17. The van der Waals surface area contributed by atoms with Gasteiger partial charge in [-0.15, -0.1) is 0 Å². The van der Waals surface area contributed by atoms with E-state index < -0.39 is 29.2 Å². The Morgan fingerprint density at radius 2 is 2.23 bits per heavy atom. The Morgan fingerprint density at radius 3 is 3.03 bits per heavy atom. The quantitative estimate of drug-likeness (QED) is 0.578. The highest BCUT2D eigenvalue weighted by Crippen LogP contribution is 2.64. The molecule has 6 rings (SSSR count). The van der Waals surface area contributed by atoms with Gasteiger partial charge in [-0.2, -0.15) is 0 Å². The molecule has 2 aromatic rings. The summed E-state index contributed by atoms with van der Waals surface area (Å²) >= 11 is 0. The first kappa shape index (κ1) is 17.9. The van der Waals surface area contributed by atoms with Crippen molar-refractivity contribution < 1.29 is 24.5 Å². The number of esters is 1. The van der Waals surface area contributed by atoms with Crippen molar-refractivity contribution in [3.8, 4) is 11.5 Å². The van der Waals surface area contributed by atoms with E-state index in [-0.39, 0.29) is 11.8 Å². The van der Waals surface area contributed by atoms with E-state index in [2.05, 4.69) is 9.88 Å². The third-order valence-corrected chi connectivity index (χ3v) is 7.41. The second-order valence-corrected chi connectivity index (χ2v) is 8.70. The number of aromatic nitrogens is 1. The Kier molecular flexibility index (Phi) is 3.48. The molecule has 7 heteroatoms. The molecule has 0 saturated carbocycles. The summed E-state index contributed by atoms with van der Waals surface area (Å²) in [6.07, 6.45) is 6.57. The van der Waals surface area contributed by atoms with Crippen LogP contribution in [0.4, 0.5) is 0 Å². The van der Waals surface area contributed by atoms with Crippen LogP contribution in [-0.4, -0.2) is 63.5 Å². The zero-order chi connectivity index (χ0) is 20.7. The van der Waals surface area contributed by atoms with Crippen molar-refractivity contribution >= 4 is 5.97 Å². The van der Waals surface area contributed by atoms with E-state index >= 15 is 0 Å². The fraction of sp³-hybridized carbons (Fsp3) is 0.391. The molecule has 1 unspecified atom stereocenters. The molecule has 1 aromatic carbocycles. The minimum Gasteiger partial charge on any atom is -0.504 e. The van der Waals surface area contributed by atoms with Gasteiger partial charge in [-0.1, -0.05) is 12.1 Å². The lowest BCUT2D eigenvalue weighted by Gasteiger charge is -2.61. The summed E-state index contributed by atoms with van der Waals surface area (Å²) in [5.74, 6) is -0.0384. The van der Waals surface area contributed by atoms with Crippen LogP contribution < -0.4 is 4.74 Å². The van der Waals surface area contributed by atoms with Gasteiger partial charge in [0.05, 0.1) is 11.0 Å². The van der Waals surface area contributed by atoms with Crippen LogP contribution in [-0.2, 0) is 16.6 Å². The fourth-order valence-corrected chi connectivity index (χ4v) is 6.04. The van der Waals surface area contributed by atoms with E-state index in [0.29, 0.717) is 24.2 Å². The molecule has 0 amide bonds. The SMILES string of the molecule is CN1CC[C@]23c4c5ccc(O)c4OC2[C@H](OC(=O)c2cccnc2)C=C[C@@]3(O)[C@H]1C5. The number of piperidine rings is 1. The lowest BCUT2D eigenvalue weighted by atomic mass is 9.50. The lowest BCUT2D eigenvalue weighted by molar-refractivity contribution is -0.152. The van der Waals surface area contributed by atoms with E-state index in [1.165, 1.54) is 6.20 Å². The van der Waals surface area contributed by atoms with Gasteiger partial charge in [-0.25, -0.2) is 4.79 Å². The normalized spacial score (nSPS) is 35.5. The van der Waals surface area contributed by atoms with Crippen LogP contribution in [0.3, 0.4) is 0 Å². The largest absolute Gasteiger partial charge is 0.504 e. The third-order valence-electron chi connectivity index (χ3n) is 7.41. The molecule has 2 aliphatic carbocycles. The molecule has 5 atom stereocenters. The number of carbonyl (C=O) groups excluding carboxylic acids is 1. The number of aliphatic hydroxyl groups is 1. The van der Waals surface area contributed by atoms with Crippen LogP contribution >= 0.6 is 0 Å². The van der Waals surface area contributed by atoms with Crippen molar-refractivity contribution in [3.63, 3.8) is 0 Å². The van der Waals surface area contributed by atoms with Crippen molar-refractivity contribution in [2.75, 3.05) is 13.6 Å². The number of hydrogen-bond donors (Lipinski definition) is 2. The molecule has 1 spiro atoms. The van der Waals surface area contributed by atoms with Crippen LogP contribution in [0.15, 0.2) is 48.8 Å². The maximum absolute atomic E-state index is 12.7. The van der Waals surface area contributed by atoms with Gasteiger partial charge < -0.3 is 19.7 Å². The number of benzene rings is 1. The minimum absolute atomic E-state index is 0.0505. The first-order valence-corrected chi connectivity index (χ1v) is 10.2. The fourth-order valence-electron chi connectivity index (χ4n) is 6.04. The van der Waals surface area contributed by atoms with Crippen LogP contribution in [0.25, 0.3) is 0 Å². The molecule has 7 nitrogen and oxygen atoms in total. The molecule has 1 saturated heterocycles. The van der Waals surface area contributed by atoms with Crippen molar-refractivity contribution in [1.29, 1.82) is 0 Å². The molecule has 1 aromatic heterocycles. The Hall–Kier alpha value is -2.90. The molecule has 0 radical (unpaired) electrons. The molecule has 2 N–H and O–H groups in total. The average molecular weight is 406 g/mol. The number of rotatable bonds is 2. The second kappa shape index (κ2) is 5.83. The van der Waals surface area contributed by atoms with Crippen LogP contribution in [0, 0.1) is 0 Å². The Morgan fingerprint density at radius 1 is 1.37 bits per heavy atom.